The number of thiazole rings is 1. The lowest BCUT2D eigenvalue weighted by Gasteiger charge is -2.33. The number of rotatable bonds is 2. The second kappa shape index (κ2) is 4.17. The number of piperazine rings is 1. The zero-order chi connectivity index (χ0) is 9.10. The topological polar surface area (TPSA) is 28.2 Å². The lowest BCUT2D eigenvalue weighted by Crippen LogP contribution is -2.49. The Labute approximate surface area is 82.8 Å². The van der Waals surface area contributed by atoms with Gasteiger partial charge >= 0.3 is 0 Å². The third kappa shape index (κ3) is 2.27. The van der Waals surface area contributed by atoms with Crippen molar-refractivity contribution in [2.24, 2.45) is 0 Å². The van der Waals surface area contributed by atoms with Crippen LogP contribution >= 0.6 is 11.3 Å². The van der Waals surface area contributed by atoms with E-state index in [1.807, 2.05) is 11.7 Å². The van der Waals surface area contributed by atoms with Gasteiger partial charge in [0.25, 0.3) is 0 Å². The van der Waals surface area contributed by atoms with Gasteiger partial charge in [-0.15, -0.1) is 11.3 Å². The normalized spacial score (nSPS) is 24.8. The summed E-state index contributed by atoms with van der Waals surface area (Å²) in [6, 6.07) is 0.649. The molecule has 1 aliphatic heterocycles. The van der Waals surface area contributed by atoms with E-state index in [2.05, 4.69) is 22.1 Å². The first-order valence-corrected chi connectivity index (χ1v) is 5.56. The minimum absolute atomic E-state index is 0.649. The Morgan fingerprint density at radius 3 is 3.38 bits per heavy atom. The van der Waals surface area contributed by atoms with Crippen LogP contribution in [-0.2, 0) is 6.54 Å². The highest BCUT2D eigenvalue weighted by molar-refractivity contribution is 7.09. The maximum Gasteiger partial charge on any atom is 0.0794 e. The van der Waals surface area contributed by atoms with Gasteiger partial charge in [0.1, 0.15) is 0 Å². The summed E-state index contributed by atoms with van der Waals surface area (Å²) in [4.78, 5) is 7.96. The molecule has 0 spiro atoms. The summed E-state index contributed by atoms with van der Waals surface area (Å²) in [5, 5.41) is 3.39. The Balaban J connectivity index is 1.93. The second-order valence-corrected chi connectivity index (χ2v) is 4.46. The fraction of sp³-hybridized carbons (Fsp3) is 0.667. The summed E-state index contributed by atoms with van der Waals surface area (Å²) in [5.74, 6) is 0. The van der Waals surface area contributed by atoms with Crippen LogP contribution in [0.2, 0.25) is 0 Å². The lowest BCUT2D eigenvalue weighted by molar-refractivity contribution is 0.167. The maximum absolute atomic E-state index is 4.09. The smallest absolute Gasteiger partial charge is 0.0794 e. The molecule has 4 heteroatoms. The highest BCUT2D eigenvalue weighted by Crippen LogP contribution is 2.12. The van der Waals surface area contributed by atoms with Gasteiger partial charge in [0, 0.05) is 43.3 Å². The van der Waals surface area contributed by atoms with Gasteiger partial charge < -0.3 is 5.32 Å². The molecule has 0 radical (unpaired) electrons. The molecule has 0 saturated carbocycles. The van der Waals surface area contributed by atoms with Gasteiger partial charge in [-0.2, -0.15) is 0 Å². The van der Waals surface area contributed by atoms with Gasteiger partial charge in [0.2, 0.25) is 0 Å². The van der Waals surface area contributed by atoms with Crippen LogP contribution in [-0.4, -0.2) is 35.6 Å². The van der Waals surface area contributed by atoms with Crippen LogP contribution in [0.15, 0.2) is 11.7 Å². The zero-order valence-electron chi connectivity index (χ0n) is 7.86. The van der Waals surface area contributed by atoms with Crippen LogP contribution in [0.25, 0.3) is 0 Å². The molecule has 2 rings (SSSR count). The molecule has 2 heterocycles. The SMILES string of the molecule is C[C@H]1CNCCN1Cc1cncs1. The van der Waals surface area contributed by atoms with E-state index in [1.165, 1.54) is 4.88 Å². The fourth-order valence-corrected chi connectivity index (χ4v) is 2.26. The highest BCUT2D eigenvalue weighted by atomic mass is 32.1. The Hall–Kier alpha value is -0.450. The predicted molar refractivity (Wildman–Crippen MR) is 54.9 cm³/mol. The van der Waals surface area contributed by atoms with Crippen molar-refractivity contribution < 1.29 is 0 Å². The summed E-state index contributed by atoms with van der Waals surface area (Å²) < 4.78 is 0. The molecule has 72 valence electrons. The number of nitrogens with zero attached hydrogens (tertiary/aromatic N) is 2. The van der Waals surface area contributed by atoms with Gasteiger partial charge in [-0.05, 0) is 6.92 Å². The molecule has 1 N–H and O–H groups in total. The van der Waals surface area contributed by atoms with Gasteiger partial charge in [0.15, 0.2) is 0 Å². The van der Waals surface area contributed by atoms with Crippen molar-refractivity contribution in [2.75, 3.05) is 19.6 Å². The molecular formula is C9H15N3S. The first-order valence-electron chi connectivity index (χ1n) is 4.68. The van der Waals surface area contributed by atoms with E-state index in [4.69, 9.17) is 0 Å². The summed E-state index contributed by atoms with van der Waals surface area (Å²) in [6.45, 7) is 6.71. The molecule has 1 atom stereocenters. The molecule has 0 aliphatic carbocycles. The summed E-state index contributed by atoms with van der Waals surface area (Å²) >= 11 is 1.75. The first kappa shape index (κ1) is 9.12. The van der Waals surface area contributed by atoms with E-state index in [-0.39, 0.29) is 0 Å². The van der Waals surface area contributed by atoms with E-state index in [1.54, 1.807) is 11.3 Å². The molecule has 1 aromatic heterocycles. The third-order valence-electron chi connectivity index (χ3n) is 2.48. The van der Waals surface area contributed by atoms with E-state index >= 15 is 0 Å². The van der Waals surface area contributed by atoms with Crippen molar-refractivity contribution in [2.45, 2.75) is 19.5 Å². The largest absolute Gasteiger partial charge is 0.314 e. The Morgan fingerprint density at radius 2 is 2.69 bits per heavy atom. The van der Waals surface area contributed by atoms with Gasteiger partial charge in [0.05, 0.1) is 5.51 Å². The minimum atomic E-state index is 0.649. The summed E-state index contributed by atoms with van der Waals surface area (Å²) in [7, 11) is 0. The Morgan fingerprint density at radius 1 is 1.77 bits per heavy atom. The fourth-order valence-electron chi connectivity index (χ4n) is 1.64. The third-order valence-corrected chi connectivity index (χ3v) is 3.25. The van der Waals surface area contributed by atoms with Crippen molar-refractivity contribution in [3.8, 4) is 0 Å². The van der Waals surface area contributed by atoms with Crippen molar-refractivity contribution >= 4 is 11.3 Å². The van der Waals surface area contributed by atoms with Gasteiger partial charge in [-0.1, -0.05) is 0 Å². The number of hydrogen-bond donors (Lipinski definition) is 1. The van der Waals surface area contributed by atoms with E-state index < -0.39 is 0 Å². The van der Waals surface area contributed by atoms with Crippen LogP contribution in [0.3, 0.4) is 0 Å². The number of hydrogen-bond acceptors (Lipinski definition) is 4. The van der Waals surface area contributed by atoms with E-state index in [0.717, 1.165) is 26.2 Å². The van der Waals surface area contributed by atoms with Crippen molar-refractivity contribution in [3.63, 3.8) is 0 Å². The molecule has 1 saturated heterocycles. The number of aromatic nitrogens is 1. The molecule has 1 aliphatic rings. The molecule has 0 bridgehead atoms. The first-order chi connectivity index (χ1) is 6.36. The van der Waals surface area contributed by atoms with Crippen LogP contribution in [0.1, 0.15) is 11.8 Å². The number of nitrogens with one attached hydrogen (secondary N) is 1. The van der Waals surface area contributed by atoms with E-state index in [9.17, 15) is 0 Å². The Bertz CT molecular complexity index is 247. The van der Waals surface area contributed by atoms with Crippen LogP contribution in [0.4, 0.5) is 0 Å². The molecule has 0 aromatic carbocycles. The quantitative estimate of drug-likeness (QED) is 0.764. The standard InChI is InChI=1S/C9H15N3S/c1-8-4-10-2-3-12(8)6-9-5-11-7-13-9/h5,7-8,10H,2-4,6H2,1H3/t8-/m0/s1. The molecular weight excluding hydrogens is 182 g/mol. The second-order valence-electron chi connectivity index (χ2n) is 3.49. The van der Waals surface area contributed by atoms with Crippen LogP contribution in [0.5, 0.6) is 0 Å². The van der Waals surface area contributed by atoms with E-state index in [0.29, 0.717) is 6.04 Å². The van der Waals surface area contributed by atoms with Gasteiger partial charge in [-0.3, -0.25) is 9.88 Å². The van der Waals surface area contributed by atoms with Crippen molar-refractivity contribution in [3.05, 3.63) is 16.6 Å². The molecule has 13 heavy (non-hydrogen) atoms. The summed E-state index contributed by atoms with van der Waals surface area (Å²) in [5.41, 5.74) is 1.90. The zero-order valence-corrected chi connectivity index (χ0v) is 8.68. The minimum Gasteiger partial charge on any atom is -0.314 e. The van der Waals surface area contributed by atoms with Crippen molar-refractivity contribution in [1.29, 1.82) is 0 Å². The molecule has 0 unspecified atom stereocenters. The molecule has 1 fully saturated rings. The average Bonchev–Trinajstić information content (AvgIpc) is 2.61. The molecule has 3 nitrogen and oxygen atoms in total. The lowest BCUT2D eigenvalue weighted by atomic mass is 10.2. The molecule has 1 aromatic rings. The maximum atomic E-state index is 4.09. The summed E-state index contributed by atoms with van der Waals surface area (Å²) in [6.07, 6.45) is 1.97. The van der Waals surface area contributed by atoms with Gasteiger partial charge in [-0.25, -0.2) is 0 Å². The highest BCUT2D eigenvalue weighted by Gasteiger charge is 2.17. The molecule has 0 amide bonds. The predicted octanol–water partition coefficient (Wildman–Crippen LogP) is 0.937. The van der Waals surface area contributed by atoms with Crippen molar-refractivity contribution in [1.82, 2.24) is 15.2 Å². The van der Waals surface area contributed by atoms with Crippen LogP contribution in [0, 0.1) is 0 Å². The monoisotopic (exact) mass is 197 g/mol. The Kier molecular flexibility index (Phi) is 2.93. The van der Waals surface area contributed by atoms with Crippen LogP contribution < -0.4 is 5.32 Å². The average molecular weight is 197 g/mol.